The number of nitrogens with zero attached hydrogens (tertiary/aromatic N) is 1. The first-order valence-corrected chi connectivity index (χ1v) is 6.66. The van der Waals surface area contributed by atoms with Crippen LogP contribution in [0.2, 0.25) is 5.02 Å². The summed E-state index contributed by atoms with van der Waals surface area (Å²) >= 11 is 5.58. The van der Waals surface area contributed by atoms with Gasteiger partial charge in [0.05, 0.1) is 5.69 Å². The monoisotopic (exact) mass is 285 g/mol. The molecule has 8 heteroatoms. The van der Waals surface area contributed by atoms with Crippen LogP contribution in [-0.4, -0.2) is 18.4 Å². The second kappa shape index (κ2) is 4.79. The van der Waals surface area contributed by atoms with Gasteiger partial charge in [0.25, 0.3) is 15.6 Å². The molecule has 0 amide bonds. The quantitative estimate of drug-likeness (QED) is 0.887. The molecule has 0 radical (unpaired) electrons. The highest BCUT2D eigenvalue weighted by molar-refractivity contribution is 7.92. The second-order valence-electron chi connectivity index (χ2n) is 3.35. The molecule has 0 saturated carbocycles. The van der Waals surface area contributed by atoms with E-state index in [-0.39, 0.29) is 9.92 Å². The summed E-state index contributed by atoms with van der Waals surface area (Å²) in [6.45, 7) is 0. The molecule has 0 unspecified atom stereocenters. The SMILES string of the molecule is O=c1[nH]cc(S(=O)(=O)Nc2ccncc2)cc1Cl. The van der Waals surface area contributed by atoms with Crippen molar-refractivity contribution in [3.63, 3.8) is 0 Å². The number of halogens is 1. The molecular formula is C10H8ClN3O3S. The van der Waals surface area contributed by atoms with Crippen LogP contribution in [0.5, 0.6) is 0 Å². The number of nitrogens with one attached hydrogen (secondary N) is 2. The molecule has 2 heterocycles. The number of aromatic nitrogens is 2. The summed E-state index contributed by atoms with van der Waals surface area (Å²) in [6.07, 6.45) is 3.99. The first-order valence-electron chi connectivity index (χ1n) is 4.80. The van der Waals surface area contributed by atoms with Crippen LogP contribution < -0.4 is 10.3 Å². The van der Waals surface area contributed by atoms with Gasteiger partial charge in [0.15, 0.2) is 0 Å². The van der Waals surface area contributed by atoms with E-state index >= 15 is 0 Å². The van der Waals surface area contributed by atoms with Crippen LogP contribution >= 0.6 is 11.6 Å². The topological polar surface area (TPSA) is 91.9 Å². The minimum Gasteiger partial charge on any atom is -0.326 e. The normalized spacial score (nSPS) is 11.2. The van der Waals surface area contributed by atoms with Gasteiger partial charge in [-0.3, -0.25) is 14.5 Å². The van der Waals surface area contributed by atoms with Crippen LogP contribution in [0.15, 0.2) is 46.5 Å². The van der Waals surface area contributed by atoms with Crippen molar-refractivity contribution >= 4 is 27.3 Å². The Balaban J connectivity index is 2.37. The van der Waals surface area contributed by atoms with Crippen molar-refractivity contribution in [1.29, 1.82) is 0 Å². The van der Waals surface area contributed by atoms with E-state index in [4.69, 9.17) is 11.6 Å². The molecule has 2 rings (SSSR count). The molecule has 2 aromatic rings. The van der Waals surface area contributed by atoms with E-state index in [1.54, 1.807) is 0 Å². The zero-order valence-electron chi connectivity index (χ0n) is 8.92. The average Bonchev–Trinajstić information content (AvgIpc) is 2.33. The summed E-state index contributed by atoms with van der Waals surface area (Å²) in [5.74, 6) is 0. The van der Waals surface area contributed by atoms with Gasteiger partial charge in [0.1, 0.15) is 9.92 Å². The Labute approximate surface area is 108 Å². The zero-order valence-corrected chi connectivity index (χ0v) is 10.5. The number of rotatable bonds is 3. The van der Waals surface area contributed by atoms with Gasteiger partial charge in [-0.2, -0.15) is 0 Å². The van der Waals surface area contributed by atoms with Crippen LogP contribution in [0.25, 0.3) is 0 Å². The molecule has 0 fully saturated rings. The van der Waals surface area contributed by atoms with Gasteiger partial charge in [0.2, 0.25) is 0 Å². The average molecular weight is 286 g/mol. The Morgan fingerprint density at radius 2 is 1.94 bits per heavy atom. The van der Waals surface area contributed by atoms with Crippen molar-refractivity contribution in [3.05, 3.63) is 52.2 Å². The summed E-state index contributed by atoms with van der Waals surface area (Å²) in [6, 6.07) is 4.10. The minimum atomic E-state index is -3.78. The fraction of sp³-hybridized carbons (Fsp3) is 0. The molecule has 0 saturated heterocycles. The molecule has 94 valence electrons. The molecule has 2 aromatic heterocycles. The lowest BCUT2D eigenvalue weighted by Crippen LogP contribution is -2.16. The summed E-state index contributed by atoms with van der Waals surface area (Å²) in [4.78, 5) is 16.9. The van der Waals surface area contributed by atoms with Crippen molar-refractivity contribution in [2.24, 2.45) is 0 Å². The predicted molar refractivity (Wildman–Crippen MR) is 67.1 cm³/mol. The summed E-state index contributed by atoms with van der Waals surface area (Å²) < 4.78 is 26.2. The van der Waals surface area contributed by atoms with Crippen molar-refractivity contribution in [1.82, 2.24) is 9.97 Å². The maximum absolute atomic E-state index is 12.0. The van der Waals surface area contributed by atoms with E-state index in [0.29, 0.717) is 5.69 Å². The van der Waals surface area contributed by atoms with Gasteiger partial charge in [-0.25, -0.2) is 8.42 Å². The lowest BCUT2D eigenvalue weighted by atomic mass is 10.4. The second-order valence-corrected chi connectivity index (χ2v) is 5.44. The highest BCUT2D eigenvalue weighted by Crippen LogP contribution is 2.15. The lowest BCUT2D eigenvalue weighted by molar-refractivity contribution is 0.600. The Morgan fingerprint density at radius 3 is 2.56 bits per heavy atom. The zero-order chi connectivity index (χ0) is 13.2. The fourth-order valence-corrected chi connectivity index (χ4v) is 2.52. The van der Waals surface area contributed by atoms with Crippen molar-refractivity contribution in [2.45, 2.75) is 4.90 Å². The number of aromatic amines is 1. The Kier molecular flexibility index (Phi) is 3.35. The number of sulfonamides is 1. The van der Waals surface area contributed by atoms with E-state index in [2.05, 4.69) is 14.7 Å². The highest BCUT2D eigenvalue weighted by atomic mass is 35.5. The lowest BCUT2D eigenvalue weighted by Gasteiger charge is -2.07. The third kappa shape index (κ3) is 2.69. The van der Waals surface area contributed by atoms with E-state index in [9.17, 15) is 13.2 Å². The molecule has 0 spiro atoms. The maximum Gasteiger partial charge on any atom is 0.266 e. The van der Waals surface area contributed by atoms with Crippen molar-refractivity contribution in [3.8, 4) is 0 Å². The molecule has 18 heavy (non-hydrogen) atoms. The van der Waals surface area contributed by atoms with Crippen LogP contribution in [0.3, 0.4) is 0 Å². The minimum absolute atomic E-state index is 0.121. The van der Waals surface area contributed by atoms with Crippen molar-refractivity contribution < 1.29 is 8.42 Å². The van der Waals surface area contributed by atoms with Gasteiger partial charge in [-0.1, -0.05) is 11.6 Å². The van der Waals surface area contributed by atoms with E-state index < -0.39 is 15.6 Å². The van der Waals surface area contributed by atoms with E-state index in [1.165, 1.54) is 24.5 Å². The first-order chi connectivity index (χ1) is 8.49. The van der Waals surface area contributed by atoms with Crippen LogP contribution in [-0.2, 0) is 10.0 Å². The van der Waals surface area contributed by atoms with E-state index in [1.807, 2.05) is 0 Å². The van der Waals surface area contributed by atoms with Gasteiger partial charge in [0, 0.05) is 18.6 Å². The molecule has 2 N–H and O–H groups in total. The smallest absolute Gasteiger partial charge is 0.266 e. The Morgan fingerprint density at radius 1 is 1.28 bits per heavy atom. The number of hydrogen-bond acceptors (Lipinski definition) is 4. The molecular weight excluding hydrogens is 278 g/mol. The number of pyridine rings is 2. The van der Waals surface area contributed by atoms with Gasteiger partial charge in [-0.05, 0) is 18.2 Å². The number of H-pyrrole nitrogens is 1. The number of hydrogen-bond donors (Lipinski definition) is 2. The fourth-order valence-electron chi connectivity index (χ4n) is 1.23. The first kappa shape index (κ1) is 12.6. The van der Waals surface area contributed by atoms with Crippen molar-refractivity contribution in [2.75, 3.05) is 4.72 Å². The van der Waals surface area contributed by atoms with E-state index in [0.717, 1.165) is 12.3 Å². The predicted octanol–water partition coefficient (Wildman–Crippen LogP) is 1.22. The Bertz CT molecular complexity index is 713. The van der Waals surface area contributed by atoms with Gasteiger partial charge >= 0.3 is 0 Å². The van der Waals surface area contributed by atoms with Crippen LogP contribution in [0.1, 0.15) is 0 Å². The van der Waals surface area contributed by atoms with Gasteiger partial charge < -0.3 is 4.98 Å². The largest absolute Gasteiger partial charge is 0.326 e. The van der Waals surface area contributed by atoms with Crippen LogP contribution in [0.4, 0.5) is 5.69 Å². The molecule has 0 aliphatic heterocycles. The number of anilines is 1. The summed E-state index contributed by atoms with van der Waals surface area (Å²) in [7, 11) is -3.78. The molecule has 0 aliphatic carbocycles. The molecule has 0 aromatic carbocycles. The summed E-state index contributed by atoms with van der Waals surface area (Å²) in [5.41, 5.74) is -0.174. The third-order valence-electron chi connectivity index (χ3n) is 2.07. The third-order valence-corrected chi connectivity index (χ3v) is 3.72. The molecule has 6 nitrogen and oxygen atoms in total. The van der Waals surface area contributed by atoms with Gasteiger partial charge in [-0.15, -0.1) is 0 Å². The molecule has 0 aliphatic rings. The Hall–Kier alpha value is -1.86. The maximum atomic E-state index is 12.0. The summed E-state index contributed by atoms with van der Waals surface area (Å²) in [5, 5.41) is -0.187. The highest BCUT2D eigenvalue weighted by Gasteiger charge is 2.15. The molecule has 0 atom stereocenters. The molecule has 0 bridgehead atoms. The standard InChI is InChI=1S/C10H8ClN3O3S/c11-9-5-8(6-13-10(9)15)18(16,17)14-7-1-3-12-4-2-7/h1-6H,(H,12,14)(H,13,15). The van der Waals surface area contributed by atoms with Crippen LogP contribution in [0, 0.1) is 0 Å².